The smallest absolute Gasteiger partial charge is 0.0501 e. The zero-order chi connectivity index (χ0) is 13.1. The van der Waals surface area contributed by atoms with Gasteiger partial charge in [0.05, 0.1) is 6.61 Å². The normalized spacial score (nSPS) is 23.0. The number of benzene rings is 1. The van der Waals surface area contributed by atoms with Crippen LogP contribution in [0.3, 0.4) is 0 Å². The first-order chi connectivity index (χ1) is 9.31. The van der Waals surface area contributed by atoms with Gasteiger partial charge in [0.15, 0.2) is 0 Å². The van der Waals surface area contributed by atoms with Crippen LogP contribution in [0.1, 0.15) is 24.0 Å². The molecular weight excluding hydrogens is 238 g/mol. The summed E-state index contributed by atoms with van der Waals surface area (Å²) >= 11 is 0. The second-order valence-corrected chi connectivity index (χ2v) is 6.00. The molecule has 2 aliphatic rings. The van der Waals surface area contributed by atoms with Crippen molar-refractivity contribution in [3.63, 3.8) is 0 Å². The molecule has 0 aromatic heterocycles. The van der Waals surface area contributed by atoms with Crippen molar-refractivity contribution >= 4 is 0 Å². The second-order valence-electron chi connectivity index (χ2n) is 6.00. The fourth-order valence-corrected chi connectivity index (χ4v) is 3.33. The molecule has 3 heteroatoms. The number of ether oxygens (including phenoxy) is 1. The number of aliphatic hydroxyl groups excluding tert-OH is 1. The van der Waals surface area contributed by atoms with Gasteiger partial charge in [-0.1, -0.05) is 24.3 Å². The lowest BCUT2D eigenvalue weighted by atomic mass is 9.80. The van der Waals surface area contributed by atoms with Crippen LogP contribution in [-0.4, -0.2) is 42.9 Å². The van der Waals surface area contributed by atoms with E-state index in [0.717, 1.165) is 52.1 Å². The van der Waals surface area contributed by atoms with E-state index in [1.54, 1.807) is 0 Å². The Labute approximate surface area is 115 Å². The Morgan fingerprint density at radius 3 is 2.63 bits per heavy atom. The van der Waals surface area contributed by atoms with E-state index in [1.807, 2.05) is 0 Å². The van der Waals surface area contributed by atoms with Crippen LogP contribution in [0.25, 0.3) is 0 Å². The van der Waals surface area contributed by atoms with Crippen LogP contribution in [0.4, 0.5) is 0 Å². The monoisotopic (exact) mass is 261 g/mol. The van der Waals surface area contributed by atoms with Gasteiger partial charge in [0.25, 0.3) is 0 Å². The van der Waals surface area contributed by atoms with Crippen molar-refractivity contribution in [3.8, 4) is 0 Å². The lowest BCUT2D eigenvalue weighted by molar-refractivity contribution is -0.0362. The van der Waals surface area contributed by atoms with E-state index in [4.69, 9.17) is 4.74 Å². The summed E-state index contributed by atoms with van der Waals surface area (Å²) in [5.41, 5.74) is 3.00. The molecular formula is C16H23NO2. The Morgan fingerprint density at radius 2 is 1.89 bits per heavy atom. The third kappa shape index (κ3) is 2.83. The molecule has 0 saturated carbocycles. The van der Waals surface area contributed by atoms with Gasteiger partial charge in [0, 0.05) is 38.3 Å². The highest BCUT2D eigenvalue weighted by Crippen LogP contribution is 2.32. The predicted octanol–water partition coefficient (Wildman–Crippen LogP) is 1.83. The Bertz CT molecular complexity index is 427. The maximum absolute atomic E-state index is 9.79. The molecule has 0 amide bonds. The summed E-state index contributed by atoms with van der Waals surface area (Å²) in [6, 6.07) is 8.72. The van der Waals surface area contributed by atoms with Crippen molar-refractivity contribution in [1.82, 2.24) is 4.90 Å². The molecule has 1 aromatic carbocycles. The SMILES string of the molecule is OCC1(CN2CCc3ccccc3C2)CCOCC1. The molecule has 19 heavy (non-hydrogen) atoms. The topological polar surface area (TPSA) is 32.7 Å². The predicted molar refractivity (Wildman–Crippen MR) is 75.0 cm³/mol. The number of hydrogen-bond donors (Lipinski definition) is 1. The van der Waals surface area contributed by atoms with E-state index in [9.17, 15) is 5.11 Å². The molecule has 1 saturated heterocycles. The molecule has 1 N–H and O–H groups in total. The molecule has 0 bridgehead atoms. The molecule has 0 unspecified atom stereocenters. The van der Waals surface area contributed by atoms with Crippen LogP contribution in [0.15, 0.2) is 24.3 Å². The van der Waals surface area contributed by atoms with Crippen LogP contribution in [-0.2, 0) is 17.7 Å². The van der Waals surface area contributed by atoms with E-state index in [-0.39, 0.29) is 12.0 Å². The molecule has 2 aliphatic heterocycles. The maximum Gasteiger partial charge on any atom is 0.0501 e. The Hall–Kier alpha value is -0.900. The number of hydrogen-bond acceptors (Lipinski definition) is 3. The molecule has 1 fully saturated rings. The van der Waals surface area contributed by atoms with Crippen molar-refractivity contribution in [2.45, 2.75) is 25.8 Å². The fraction of sp³-hybridized carbons (Fsp3) is 0.625. The van der Waals surface area contributed by atoms with Gasteiger partial charge in [-0.3, -0.25) is 4.90 Å². The van der Waals surface area contributed by atoms with Crippen molar-refractivity contribution in [1.29, 1.82) is 0 Å². The third-order valence-corrected chi connectivity index (χ3v) is 4.66. The average Bonchev–Trinajstić information content (AvgIpc) is 2.48. The molecule has 104 valence electrons. The summed E-state index contributed by atoms with van der Waals surface area (Å²) < 4.78 is 5.44. The zero-order valence-electron chi connectivity index (χ0n) is 11.5. The quantitative estimate of drug-likeness (QED) is 0.901. The van der Waals surface area contributed by atoms with Crippen molar-refractivity contribution in [2.24, 2.45) is 5.41 Å². The van der Waals surface area contributed by atoms with Gasteiger partial charge < -0.3 is 9.84 Å². The lowest BCUT2D eigenvalue weighted by Gasteiger charge is -2.41. The van der Waals surface area contributed by atoms with Crippen molar-refractivity contribution in [3.05, 3.63) is 35.4 Å². The largest absolute Gasteiger partial charge is 0.396 e. The van der Waals surface area contributed by atoms with Crippen LogP contribution in [0.5, 0.6) is 0 Å². The molecule has 1 aromatic rings. The molecule has 0 spiro atoms. The molecule has 2 heterocycles. The summed E-state index contributed by atoms with van der Waals surface area (Å²) in [7, 11) is 0. The third-order valence-electron chi connectivity index (χ3n) is 4.66. The standard InChI is InChI=1S/C16H23NO2/c18-13-16(6-9-19-10-7-16)12-17-8-5-14-3-1-2-4-15(14)11-17/h1-4,18H,5-13H2. The average molecular weight is 261 g/mol. The molecule has 0 atom stereocenters. The van der Waals surface area contributed by atoms with Gasteiger partial charge >= 0.3 is 0 Å². The van der Waals surface area contributed by atoms with Crippen LogP contribution in [0.2, 0.25) is 0 Å². The highest BCUT2D eigenvalue weighted by molar-refractivity contribution is 5.29. The van der Waals surface area contributed by atoms with E-state index >= 15 is 0 Å². The summed E-state index contributed by atoms with van der Waals surface area (Å²) in [4.78, 5) is 2.50. The molecule has 0 aliphatic carbocycles. The second kappa shape index (κ2) is 5.61. The first-order valence-corrected chi connectivity index (χ1v) is 7.29. The van der Waals surface area contributed by atoms with Gasteiger partial charge in [-0.15, -0.1) is 0 Å². The van der Waals surface area contributed by atoms with E-state index in [1.165, 1.54) is 11.1 Å². The van der Waals surface area contributed by atoms with Gasteiger partial charge in [0.1, 0.15) is 0 Å². The van der Waals surface area contributed by atoms with E-state index in [0.29, 0.717) is 0 Å². The number of fused-ring (bicyclic) bond motifs is 1. The van der Waals surface area contributed by atoms with Crippen LogP contribution >= 0.6 is 0 Å². The minimum Gasteiger partial charge on any atom is -0.396 e. The van der Waals surface area contributed by atoms with Gasteiger partial charge in [-0.05, 0) is 30.4 Å². The number of aliphatic hydroxyl groups is 1. The summed E-state index contributed by atoms with van der Waals surface area (Å²) in [5.74, 6) is 0. The number of nitrogens with zero attached hydrogens (tertiary/aromatic N) is 1. The van der Waals surface area contributed by atoms with Crippen LogP contribution < -0.4 is 0 Å². The first kappa shape index (κ1) is 13.1. The van der Waals surface area contributed by atoms with E-state index < -0.39 is 0 Å². The van der Waals surface area contributed by atoms with Gasteiger partial charge in [-0.25, -0.2) is 0 Å². The first-order valence-electron chi connectivity index (χ1n) is 7.29. The highest BCUT2D eigenvalue weighted by atomic mass is 16.5. The maximum atomic E-state index is 9.79. The molecule has 3 rings (SSSR count). The Balaban J connectivity index is 1.68. The van der Waals surface area contributed by atoms with E-state index in [2.05, 4.69) is 29.2 Å². The van der Waals surface area contributed by atoms with Crippen molar-refractivity contribution in [2.75, 3.05) is 32.9 Å². The summed E-state index contributed by atoms with van der Waals surface area (Å²) in [5, 5.41) is 9.79. The Morgan fingerprint density at radius 1 is 1.16 bits per heavy atom. The fourth-order valence-electron chi connectivity index (χ4n) is 3.33. The van der Waals surface area contributed by atoms with Crippen LogP contribution in [0, 0.1) is 5.41 Å². The summed E-state index contributed by atoms with van der Waals surface area (Å²) in [6.45, 7) is 5.02. The minimum atomic E-state index is 0.0601. The van der Waals surface area contributed by atoms with Crippen molar-refractivity contribution < 1.29 is 9.84 Å². The molecule has 0 radical (unpaired) electrons. The highest BCUT2D eigenvalue weighted by Gasteiger charge is 2.34. The lowest BCUT2D eigenvalue weighted by Crippen LogP contribution is -2.45. The summed E-state index contributed by atoms with van der Waals surface area (Å²) in [6.07, 6.45) is 3.11. The minimum absolute atomic E-state index is 0.0601. The number of rotatable bonds is 3. The molecule has 3 nitrogen and oxygen atoms in total. The van der Waals surface area contributed by atoms with Gasteiger partial charge in [-0.2, -0.15) is 0 Å². The Kier molecular flexibility index (Phi) is 3.87. The van der Waals surface area contributed by atoms with Gasteiger partial charge in [0.2, 0.25) is 0 Å². The zero-order valence-corrected chi connectivity index (χ0v) is 11.5.